The summed E-state index contributed by atoms with van der Waals surface area (Å²) in [5.74, 6) is -0.702. The average molecular weight is 989 g/mol. The minimum absolute atomic E-state index is 0.238. The van der Waals surface area contributed by atoms with Crippen LogP contribution in [0.25, 0.3) is 45.3 Å². The van der Waals surface area contributed by atoms with Crippen molar-refractivity contribution in [3.05, 3.63) is 84.7 Å². The number of hydrogen-bond donors (Lipinski definition) is 0. The Kier molecular flexibility index (Phi) is 17.0. The highest BCUT2D eigenvalue weighted by molar-refractivity contribution is 7.98. The minimum Gasteiger partial charge on any atom is -0.361 e. The van der Waals surface area contributed by atoms with Gasteiger partial charge < -0.3 is 9.47 Å². The van der Waals surface area contributed by atoms with E-state index < -0.39 is 35.8 Å². The van der Waals surface area contributed by atoms with Crippen molar-refractivity contribution in [1.82, 2.24) is 39.0 Å². The molecule has 4 aromatic heterocycles. The van der Waals surface area contributed by atoms with E-state index in [1.807, 2.05) is 21.6 Å². The van der Waals surface area contributed by atoms with E-state index in [9.17, 15) is 25.6 Å². The van der Waals surface area contributed by atoms with Gasteiger partial charge in [-0.05, 0) is 85.3 Å². The van der Waals surface area contributed by atoms with Crippen LogP contribution in [0.2, 0.25) is 51.4 Å². The molecule has 2 aromatic carbocycles. The second-order valence-electron chi connectivity index (χ2n) is 17.2. The van der Waals surface area contributed by atoms with Crippen molar-refractivity contribution in [2.75, 3.05) is 38.2 Å². The fourth-order valence-electron chi connectivity index (χ4n) is 5.92. The normalized spacial score (nSPS) is 12.3. The molecule has 64 heavy (non-hydrogen) atoms. The van der Waals surface area contributed by atoms with Gasteiger partial charge in [0, 0.05) is 65.4 Å². The maximum Gasteiger partial charge on any atom is 0.247 e. The number of hydrogen-bond acceptors (Lipinski definition) is 14. The smallest absolute Gasteiger partial charge is 0.247 e. The molecular formula is C42H54F2N8O6S4Si2. The van der Waals surface area contributed by atoms with Gasteiger partial charge >= 0.3 is 0 Å². The first-order valence-corrected chi connectivity index (χ1v) is 33.7. The Morgan fingerprint density at radius 1 is 0.562 bits per heavy atom. The molecule has 0 aliphatic rings. The predicted molar refractivity (Wildman–Crippen MR) is 255 cm³/mol. The van der Waals surface area contributed by atoms with Crippen molar-refractivity contribution in [2.45, 2.75) is 85.5 Å². The third kappa shape index (κ3) is 13.9. The summed E-state index contributed by atoms with van der Waals surface area (Å²) in [6, 6.07) is 17.3. The van der Waals surface area contributed by atoms with Crippen LogP contribution in [0.1, 0.15) is 0 Å². The van der Waals surface area contributed by atoms with Gasteiger partial charge in [-0.1, -0.05) is 62.8 Å². The summed E-state index contributed by atoms with van der Waals surface area (Å²) >= 11 is 2.88. The van der Waals surface area contributed by atoms with Crippen molar-refractivity contribution < 1.29 is 35.1 Å². The van der Waals surface area contributed by atoms with Gasteiger partial charge in [0.15, 0.2) is 10.3 Å². The van der Waals surface area contributed by atoms with Gasteiger partial charge in [0.25, 0.3) is 0 Å². The lowest BCUT2D eigenvalue weighted by atomic mass is 10.1. The second-order valence-corrected chi connectivity index (χ2v) is 33.8. The summed E-state index contributed by atoms with van der Waals surface area (Å²) in [7, 11) is -9.71. The van der Waals surface area contributed by atoms with E-state index >= 15 is 0 Å². The quantitative estimate of drug-likeness (QED) is 0.0345. The standard InChI is InChI=1S/2C21H27FN4O3S2Si/c2*1-30-21-25-18(15-6-8-16(22)9-7-15)19(26(21)14-29-12-13-32(3,4)5)17-10-11-23-20(24-17)31(2,27)28/h2*6-11H,12-14H2,1-5H3. The van der Waals surface area contributed by atoms with E-state index in [4.69, 9.17) is 19.4 Å². The van der Waals surface area contributed by atoms with Gasteiger partial charge in [-0.2, -0.15) is 0 Å². The minimum atomic E-state index is -3.60. The molecule has 4 heterocycles. The SMILES string of the molecule is CSc1nc(-c2ccc(F)cc2)c(-c2ccnc(S(C)(=O)=O)n2)n1COCC[Si](C)(C)C.CSc1nc(-c2ccc(F)cc2)c(-c2ccnc(S(C)(=O)=O)n2)n1COCC[Si](C)(C)C. The van der Waals surface area contributed by atoms with Gasteiger partial charge in [0.05, 0.1) is 34.2 Å². The highest BCUT2D eigenvalue weighted by Gasteiger charge is 2.25. The Morgan fingerprint density at radius 2 is 0.906 bits per heavy atom. The van der Waals surface area contributed by atoms with Gasteiger partial charge in [-0.15, -0.1) is 0 Å². The van der Waals surface area contributed by atoms with Crippen molar-refractivity contribution in [2.24, 2.45) is 0 Å². The number of aromatic nitrogens is 8. The Bertz CT molecular complexity index is 2570. The van der Waals surface area contributed by atoms with Crippen molar-refractivity contribution in [3.63, 3.8) is 0 Å². The Labute approximate surface area is 385 Å². The number of ether oxygens (including phenoxy) is 2. The Morgan fingerprint density at radius 3 is 1.20 bits per heavy atom. The van der Waals surface area contributed by atoms with E-state index in [0.717, 1.165) is 24.6 Å². The van der Waals surface area contributed by atoms with E-state index in [-0.39, 0.29) is 35.4 Å². The molecule has 14 nitrogen and oxygen atoms in total. The number of sulfone groups is 2. The van der Waals surface area contributed by atoms with Crippen molar-refractivity contribution in [1.29, 1.82) is 0 Å². The lowest BCUT2D eigenvalue weighted by molar-refractivity contribution is 0.0824. The molecule has 6 aromatic rings. The average Bonchev–Trinajstić information content (AvgIpc) is 3.79. The summed E-state index contributed by atoms with van der Waals surface area (Å²) in [4.78, 5) is 25.9. The molecule has 0 unspecified atom stereocenters. The fourth-order valence-corrected chi connectivity index (χ4v) is 9.56. The zero-order chi connectivity index (χ0) is 47.0. The van der Waals surface area contributed by atoms with E-state index in [1.165, 1.54) is 60.2 Å². The molecular weight excluding hydrogens is 935 g/mol. The number of benzene rings is 2. The van der Waals surface area contributed by atoms with Crippen LogP contribution in [-0.2, 0) is 42.6 Å². The second kappa shape index (κ2) is 21.4. The zero-order valence-electron chi connectivity index (χ0n) is 37.6. The number of imidazole rings is 2. The molecule has 0 atom stereocenters. The summed E-state index contributed by atoms with van der Waals surface area (Å²) < 4.78 is 91.0. The third-order valence-electron chi connectivity index (χ3n) is 9.31. The number of rotatable bonds is 18. The van der Waals surface area contributed by atoms with Gasteiger partial charge in [0.2, 0.25) is 30.0 Å². The van der Waals surface area contributed by atoms with Gasteiger partial charge in [-0.25, -0.2) is 55.5 Å². The molecule has 0 N–H and O–H groups in total. The molecule has 6 rings (SSSR count). The topological polar surface area (TPSA) is 174 Å². The highest BCUT2D eigenvalue weighted by Crippen LogP contribution is 2.37. The van der Waals surface area contributed by atoms with Crippen LogP contribution >= 0.6 is 23.5 Å². The van der Waals surface area contributed by atoms with Gasteiger partial charge in [-0.3, -0.25) is 9.13 Å². The largest absolute Gasteiger partial charge is 0.361 e. The highest BCUT2D eigenvalue weighted by atomic mass is 32.2. The van der Waals surface area contributed by atoms with Crippen LogP contribution in [0.15, 0.2) is 93.7 Å². The molecule has 0 spiro atoms. The van der Waals surface area contributed by atoms with E-state index in [2.05, 4.69) is 59.2 Å². The lowest BCUT2D eigenvalue weighted by Crippen LogP contribution is -2.22. The first-order valence-electron chi connectivity index (χ1n) is 20.0. The molecule has 22 heteroatoms. The molecule has 344 valence electrons. The maximum atomic E-state index is 13.5. The van der Waals surface area contributed by atoms with Crippen LogP contribution in [0.3, 0.4) is 0 Å². The summed E-state index contributed by atoms with van der Waals surface area (Å²) in [6.45, 7) is 15.4. The van der Waals surface area contributed by atoms with Crippen LogP contribution in [0, 0.1) is 11.6 Å². The van der Waals surface area contributed by atoms with Crippen molar-refractivity contribution >= 4 is 59.3 Å². The fraction of sp³-hybridized carbons (Fsp3) is 0.381. The molecule has 0 aliphatic heterocycles. The molecule has 0 saturated heterocycles. The van der Waals surface area contributed by atoms with Crippen LogP contribution in [0.4, 0.5) is 8.78 Å². The summed E-state index contributed by atoms with van der Waals surface area (Å²) in [5, 5.41) is 0.843. The molecule has 0 radical (unpaired) electrons. The first-order chi connectivity index (χ1) is 30.0. The van der Waals surface area contributed by atoms with Gasteiger partial charge in [0.1, 0.15) is 25.1 Å². The maximum absolute atomic E-state index is 13.5. The number of nitrogens with zero attached hydrogens (tertiary/aromatic N) is 8. The summed E-state index contributed by atoms with van der Waals surface area (Å²) in [5.41, 5.74) is 4.53. The Hall–Kier alpha value is -4.17. The van der Waals surface area contributed by atoms with E-state index in [1.54, 1.807) is 36.4 Å². The predicted octanol–water partition coefficient (Wildman–Crippen LogP) is 9.17. The molecule has 0 aliphatic carbocycles. The first kappa shape index (κ1) is 50.8. The zero-order valence-corrected chi connectivity index (χ0v) is 42.9. The molecule has 0 saturated carbocycles. The molecule has 0 bridgehead atoms. The number of thioether (sulfide) groups is 2. The third-order valence-corrected chi connectivity index (χ3v) is 15.8. The van der Waals surface area contributed by atoms with Crippen LogP contribution < -0.4 is 0 Å². The monoisotopic (exact) mass is 988 g/mol. The summed E-state index contributed by atoms with van der Waals surface area (Å²) in [6.07, 6.45) is 8.76. The van der Waals surface area contributed by atoms with Crippen LogP contribution in [0.5, 0.6) is 0 Å². The molecule has 0 amide bonds. The lowest BCUT2D eigenvalue weighted by Gasteiger charge is -2.17. The number of halogens is 2. The van der Waals surface area contributed by atoms with Crippen LogP contribution in [-0.4, -0.2) is 110 Å². The Balaban J connectivity index is 0.000000241. The van der Waals surface area contributed by atoms with E-state index in [0.29, 0.717) is 68.8 Å². The van der Waals surface area contributed by atoms with Crippen molar-refractivity contribution in [3.8, 4) is 45.3 Å². The molecule has 0 fully saturated rings.